The lowest BCUT2D eigenvalue weighted by Gasteiger charge is -2.14. The first kappa shape index (κ1) is 13.9. The standard InChI is InChI=1S/C11H17FN2O2S/c1-7(2)17(15,16)11-8(6-14-3)4-9(13)5-10(11)12/h4-5,7,14H,6,13H2,1-3H3. The van der Waals surface area contributed by atoms with Crippen molar-refractivity contribution >= 4 is 15.5 Å². The molecule has 0 radical (unpaired) electrons. The highest BCUT2D eigenvalue weighted by molar-refractivity contribution is 7.92. The summed E-state index contributed by atoms with van der Waals surface area (Å²) in [6, 6.07) is 2.52. The molecule has 17 heavy (non-hydrogen) atoms. The number of sulfone groups is 1. The van der Waals surface area contributed by atoms with Crippen LogP contribution in [0, 0.1) is 5.82 Å². The van der Waals surface area contributed by atoms with E-state index >= 15 is 0 Å². The average Bonchev–Trinajstić information content (AvgIpc) is 2.15. The van der Waals surface area contributed by atoms with Crippen molar-refractivity contribution in [3.8, 4) is 0 Å². The fourth-order valence-electron chi connectivity index (χ4n) is 1.55. The quantitative estimate of drug-likeness (QED) is 0.801. The van der Waals surface area contributed by atoms with Crippen molar-refractivity contribution in [2.75, 3.05) is 12.8 Å². The van der Waals surface area contributed by atoms with Crippen LogP contribution in [-0.4, -0.2) is 20.7 Å². The molecule has 0 aliphatic heterocycles. The van der Waals surface area contributed by atoms with Crippen molar-refractivity contribution in [1.82, 2.24) is 5.32 Å². The topological polar surface area (TPSA) is 72.2 Å². The van der Waals surface area contributed by atoms with Gasteiger partial charge in [0, 0.05) is 12.2 Å². The SMILES string of the molecule is CNCc1cc(N)cc(F)c1S(=O)(=O)C(C)C. The van der Waals surface area contributed by atoms with Crippen LogP contribution >= 0.6 is 0 Å². The Balaban J connectivity index is 3.51. The largest absolute Gasteiger partial charge is 0.399 e. The molecule has 0 aliphatic rings. The number of hydrogen-bond donors (Lipinski definition) is 2. The molecule has 6 heteroatoms. The van der Waals surface area contributed by atoms with E-state index in [-0.39, 0.29) is 17.1 Å². The van der Waals surface area contributed by atoms with E-state index in [1.54, 1.807) is 7.05 Å². The fraction of sp³-hybridized carbons (Fsp3) is 0.455. The van der Waals surface area contributed by atoms with E-state index in [0.29, 0.717) is 5.56 Å². The lowest BCUT2D eigenvalue weighted by molar-refractivity contribution is 0.555. The summed E-state index contributed by atoms with van der Waals surface area (Å²) in [6.07, 6.45) is 0. The zero-order valence-electron chi connectivity index (χ0n) is 10.1. The maximum absolute atomic E-state index is 13.8. The first-order valence-corrected chi connectivity index (χ1v) is 6.81. The second-order valence-electron chi connectivity index (χ2n) is 4.12. The molecule has 0 unspecified atom stereocenters. The second kappa shape index (κ2) is 5.01. The minimum Gasteiger partial charge on any atom is -0.399 e. The van der Waals surface area contributed by atoms with Crippen LogP contribution in [0.4, 0.5) is 10.1 Å². The van der Waals surface area contributed by atoms with Gasteiger partial charge in [0.05, 0.1) is 5.25 Å². The van der Waals surface area contributed by atoms with E-state index in [9.17, 15) is 12.8 Å². The molecule has 0 amide bonds. The van der Waals surface area contributed by atoms with Gasteiger partial charge in [0.25, 0.3) is 0 Å². The summed E-state index contributed by atoms with van der Waals surface area (Å²) < 4.78 is 37.9. The molecule has 1 aromatic carbocycles. The molecule has 0 saturated carbocycles. The normalized spacial score (nSPS) is 12.1. The van der Waals surface area contributed by atoms with Crippen LogP contribution in [0.2, 0.25) is 0 Å². The smallest absolute Gasteiger partial charge is 0.183 e. The Morgan fingerprint density at radius 1 is 1.41 bits per heavy atom. The molecule has 0 atom stereocenters. The summed E-state index contributed by atoms with van der Waals surface area (Å²) in [5.74, 6) is -0.788. The summed E-state index contributed by atoms with van der Waals surface area (Å²) in [5.41, 5.74) is 6.09. The number of benzene rings is 1. The average molecular weight is 260 g/mol. The van der Waals surface area contributed by atoms with Gasteiger partial charge in [0.2, 0.25) is 0 Å². The molecule has 96 valence electrons. The van der Waals surface area contributed by atoms with Gasteiger partial charge in [-0.15, -0.1) is 0 Å². The van der Waals surface area contributed by atoms with Crippen LogP contribution in [0.5, 0.6) is 0 Å². The first-order valence-electron chi connectivity index (χ1n) is 5.27. The van der Waals surface area contributed by atoms with Gasteiger partial charge >= 0.3 is 0 Å². The molecule has 0 fully saturated rings. The van der Waals surface area contributed by atoms with E-state index < -0.39 is 20.9 Å². The van der Waals surface area contributed by atoms with Crippen molar-refractivity contribution in [3.63, 3.8) is 0 Å². The van der Waals surface area contributed by atoms with Crippen LogP contribution < -0.4 is 11.1 Å². The Morgan fingerprint density at radius 2 is 2.00 bits per heavy atom. The molecule has 3 N–H and O–H groups in total. The van der Waals surface area contributed by atoms with Crippen molar-refractivity contribution < 1.29 is 12.8 Å². The van der Waals surface area contributed by atoms with E-state index in [1.165, 1.54) is 19.9 Å². The molecule has 0 heterocycles. The van der Waals surface area contributed by atoms with Gasteiger partial charge in [-0.3, -0.25) is 0 Å². The molecule has 1 rings (SSSR count). The molecule has 4 nitrogen and oxygen atoms in total. The van der Waals surface area contributed by atoms with Crippen LogP contribution in [0.25, 0.3) is 0 Å². The van der Waals surface area contributed by atoms with E-state index in [1.807, 2.05) is 0 Å². The van der Waals surface area contributed by atoms with Crippen molar-refractivity contribution in [3.05, 3.63) is 23.5 Å². The lowest BCUT2D eigenvalue weighted by atomic mass is 10.2. The number of anilines is 1. The maximum atomic E-state index is 13.8. The predicted molar refractivity (Wildman–Crippen MR) is 65.9 cm³/mol. The number of rotatable bonds is 4. The molecule has 0 aliphatic carbocycles. The summed E-state index contributed by atoms with van der Waals surface area (Å²) in [6.45, 7) is 3.30. The molecule has 0 aromatic heterocycles. The Bertz CT molecular complexity index is 512. The Hall–Kier alpha value is -1.14. The second-order valence-corrected chi connectivity index (χ2v) is 6.56. The molecule has 1 aromatic rings. The summed E-state index contributed by atoms with van der Waals surface area (Å²) in [7, 11) is -1.99. The number of nitrogens with two attached hydrogens (primary N) is 1. The van der Waals surface area contributed by atoms with Gasteiger partial charge in [0.15, 0.2) is 9.84 Å². The number of nitrogen functional groups attached to an aromatic ring is 1. The van der Waals surface area contributed by atoms with Gasteiger partial charge in [-0.05, 0) is 38.6 Å². The van der Waals surface area contributed by atoms with Gasteiger partial charge in [-0.1, -0.05) is 0 Å². The summed E-state index contributed by atoms with van der Waals surface area (Å²) in [5, 5.41) is 2.13. The van der Waals surface area contributed by atoms with Crippen LogP contribution in [0.3, 0.4) is 0 Å². The Labute approximate surface area is 101 Å². The Morgan fingerprint density at radius 3 is 2.47 bits per heavy atom. The van der Waals surface area contributed by atoms with Gasteiger partial charge in [0.1, 0.15) is 10.7 Å². The summed E-state index contributed by atoms with van der Waals surface area (Å²) in [4.78, 5) is -0.254. The van der Waals surface area contributed by atoms with Gasteiger partial charge in [-0.2, -0.15) is 0 Å². The predicted octanol–water partition coefficient (Wildman–Crippen LogP) is 1.31. The fourth-order valence-corrected chi connectivity index (χ4v) is 2.85. The summed E-state index contributed by atoms with van der Waals surface area (Å²) >= 11 is 0. The lowest BCUT2D eigenvalue weighted by Crippen LogP contribution is -2.20. The van der Waals surface area contributed by atoms with Crippen LogP contribution in [-0.2, 0) is 16.4 Å². The maximum Gasteiger partial charge on any atom is 0.183 e. The monoisotopic (exact) mass is 260 g/mol. The molecule has 0 saturated heterocycles. The third-order valence-corrected chi connectivity index (χ3v) is 4.68. The van der Waals surface area contributed by atoms with Crippen LogP contribution in [0.1, 0.15) is 19.4 Å². The Kier molecular flexibility index (Phi) is 4.11. The van der Waals surface area contributed by atoms with E-state index in [4.69, 9.17) is 5.73 Å². The first-order chi connectivity index (χ1) is 7.80. The zero-order valence-corrected chi connectivity index (χ0v) is 10.9. The van der Waals surface area contributed by atoms with E-state index in [0.717, 1.165) is 6.07 Å². The van der Waals surface area contributed by atoms with Crippen LogP contribution in [0.15, 0.2) is 17.0 Å². The highest BCUT2D eigenvalue weighted by atomic mass is 32.2. The minimum absolute atomic E-state index is 0.218. The van der Waals surface area contributed by atoms with Crippen molar-refractivity contribution in [2.45, 2.75) is 30.5 Å². The van der Waals surface area contributed by atoms with E-state index in [2.05, 4.69) is 5.32 Å². The third kappa shape index (κ3) is 2.76. The minimum atomic E-state index is -3.65. The van der Waals surface area contributed by atoms with Crippen molar-refractivity contribution in [2.24, 2.45) is 0 Å². The highest BCUT2D eigenvalue weighted by Gasteiger charge is 2.26. The third-order valence-electron chi connectivity index (χ3n) is 2.42. The molecule has 0 spiro atoms. The van der Waals surface area contributed by atoms with Crippen molar-refractivity contribution in [1.29, 1.82) is 0 Å². The van der Waals surface area contributed by atoms with Gasteiger partial charge in [-0.25, -0.2) is 12.8 Å². The number of halogens is 1. The molecule has 0 bridgehead atoms. The number of nitrogens with one attached hydrogen (secondary N) is 1. The van der Waals surface area contributed by atoms with Gasteiger partial charge < -0.3 is 11.1 Å². The molecular weight excluding hydrogens is 243 g/mol. The highest BCUT2D eigenvalue weighted by Crippen LogP contribution is 2.26. The number of hydrogen-bond acceptors (Lipinski definition) is 4. The molecular formula is C11H17FN2O2S. The zero-order chi connectivity index (χ0) is 13.2.